The third kappa shape index (κ3) is 4.31. The van der Waals surface area contributed by atoms with E-state index in [-0.39, 0.29) is 6.03 Å². The molecule has 2 aromatic carbocycles. The largest absolute Gasteiger partial charge is 0.457 e. The van der Waals surface area contributed by atoms with Gasteiger partial charge in [0.1, 0.15) is 11.5 Å². The monoisotopic (exact) mass is 270 g/mol. The molecule has 0 heterocycles. The third-order valence-electron chi connectivity index (χ3n) is 2.61. The van der Waals surface area contributed by atoms with Crippen molar-refractivity contribution in [3.8, 4) is 11.5 Å². The van der Waals surface area contributed by atoms with Gasteiger partial charge < -0.3 is 15.4 Å². The molecule has 0 spiro atoms. The van der Waals surface area contributed by atoms with Crippen LogP contribution in [0, 0.1) is 0 Å². The van der Waals surface area contributed by atoms with E-state index in [4.69, 9.17) is 4.74 Å². The topological polar surface area (TPSA) is 50.4 Å². The molecule has 0 aliphatic heterocycles. The van der Waals surface area contributed by atoms with Crippen LogP contribution in [0.5, 0.6) is 11.5 Å². The average molecular weight is 270 g/mol. The fraction of sp³-hybridized carbons (Fsp3) is 0.188. The minimum atomic E-state index is -0.205. The number of urea groups is 1. The second-order valence-corrected chi connectivity index (χ2v) is 4.32. The third-order valence-corrected chi connectivity index (χ3v) is 2.61. The molecular formula is C16H18N2O2. The standard InChI is InChI=1S/C16H18N2O2/c1-2-11-17-16(19)18-13-7-6-10-15(12-13)20-14-8-4-3-5-9-14/h3-10,12H,2,11H2,1H3,(H2,17,18,19). The van der Waals surface area contributed by atoms with E-state index < -0.39 is 0 Å². The van der Waals surface area contributed by atoms with Crippen LogP contribution in [-0.4, -0.2) is 12.6 Å². The van der Waals surface area contributed by atoms with Crippen LogP contribution in [0.1, 0.15) is 13.3 Å². The lowest BCUT2D eigenvalue weighted by atomic mass is 10.3. The molecule has 0 aliphatic carbocycles. The van der Waals surface area contributed by atoms with Crippen molar-refractivity contribution in [2.24, 2.45) is 0 Å². The number of ether oxygens (including phenoxy) is 1. The molecule has 0 saturated carbocycles. The smallest absolute Gasteiger partial charge is 0.319 e. The lowest BCUT2D eigenvalue weighted by Crippen LogP contribution is -2.29. The van der Waals surface area contributed by atoms with Gasteiger partial charge in [-0.3, -0.25) is 0 Å². The summed E-state index contributed by atoms with van der Waals surface area (Å²) in [6.07, 6.45) is 0.907. The fourth-order valence-corrected chi connectivity index (χ4v) is 1.68. The number of carbonyl (C=O) groups excluding carboxylic acids is 1. The summed E-state index contributed by atoms with van der Waals surface area (Å²) in [5.41, 5.74) is 0.701. The van der Waals surface area contributed by atoms with Crippen molar-refractivity contribution in [1.82, 2.24) is 5.32 Å². The van der Waals surface area contributed by atoms with Gasteiger partial charge in [-0.15, -0.1) is 0 Å². The summed E-state index contributed by atoms with van der Waals surface area (Å²) in [5.74, 6) is 1.45. The Hall–Kier alpha value is -2.49. The van der Waals surface area contributed by atoms with Crippen LogP contribution < -0.4 is 15.4 Å². The van der Waals surface area contributed by atoms with Crippen LogP contribution in [0.25, 0.3) is 0 Å². The molecule has 0 aliphatic rings. The zero-order chi connectivity index (χ0) is 14.2. The molecule has 4 nitrogen and oxygen atoms in total. The summed E-state index contributed by atoms with van der Waals surface area (Å²) in [6, 6.07) is 16.6. The number of para-hydroxylation sites is 1. The van der Waals surface area contributed by atoms with Crippen LogP contribution in [-0.2, 0) is 0 Å². The minimum Gasteiger partial charge on any atom is -0.457 e. The van der Waals surface area contributed by atoms with Crippen LogP contribution >= 0.6 is 0 Å². The molecule has 0 aromatic heterocycles. The summed E-state index contributed by atoms with van der Waals surface area (Å²) in [6.45, 7) is 2.67. The van der Waals surface area contributed by atoms with E-state index in [0.717, 1.165) is 12.2 Å². The molecule has 0 unspecified atom stereocenters. The maximum absolute atomic E-state index is 11.6. The Balaban J connectivity index is 1.99. The highest BCUT2D eigenvalue weighted by molar-refractivity contribution is 5.89. The first-order chi connectivity index (χ1) is 9.78. The zero-order valence-electron chi connectivity index (χ0n) is 11.4. The number of hydrogen-bond acceptors (Lipinski definition) is 2. The second-order valence-electron chi connectivity index (χ2n) is 4.32. The summed E-state index contributed by atoms with van der Waals surface area (Å²) in [7, 11) is 0. The highest BCUT2D eigenvalue weighted by Gasteiger charge is 2.02. The van der Waals surface area contributed by atoms with Crippen molar-refractivity contribution < 1.29 is 9.53 Å². The quantitative estimate of drug-likeness (QED) is 0.862. The van der Waals surface area contributed by atoms with Crippen molar-refractivity contribution in [2.75, 3.05) is 11.9 Å². The number of carbonyl (C=O) groups is 1. The van der Waals surface area contributed by atoms with Gasteiger partial charge in [-0.1, -0.05) is 31.2 Å². The fourth-order valence-electron chi connectivity index (χ4n) is 1.68. The number of anilines is 1. The molecule has 0 radical (unpaired) electrons. The molecule has 2 rings (SSSR count). The van der Waals surface area contributed by atoms with Gasteiger partial charge >= 0.3 is 6.03 Å². The summed E-state index contributed by atoms with van der Waals surface area (Å²) in [5, 5.41) is 5.53. The lowest BCUT2D eigenvalue weighted by molar-refractivity contribution is 0.252. The van der Waals surface area contributed by atoms with Crippen molar-refractivity contribution in [1.29, 1.82) is 0 Å². The van der Waals surface area contributed by atoms with Gasteiger partial charge in [0.2, 0.25) is 0 Å². The first-order valence-electron chi connectivity index (χ1n) is 6.66. The molecule has 104 valence electrons. The Kier molecular flexibility index (Phi) is 5.00. The number of benzene rings is 2. The predicted molar refractivity (Wildman–Crippen MR) is 80.3 cm³/mol. The molecule has 20 heavy (non-hydrogen) atoms. The maximum atomic E-state index is 11.6. The normalized spacial score (nSPS) is 9.85. The van der Waals surface area contributed by atoms with Crippen LogP contribution in [0.3, 0.4) is 0 Å². The SMILES string of the molecule is CCCNC(=O)Nc1cccc(Oc2ccccc2)c1. The lowest BCUT2D eigenvalue weighted by Gasteiger charge is -2.09. The first kappa shape index (κ1) is 13.9. The molecular weight excluding hydrogens is 252 g/mol. The van der Waals surface area contributed by atoms with Gasteiger partial charge in [0.05, 0.1) is 0 Å². The van der Waals surface area contributed by atoms with E-state index in [0.29, 0.717) is 18.0 Å². The Morgan fingerprint density at radius 2 is 1.80 bits per heavy atom. The van der Waals surface area contributed by atoms with Crippen LogP contribution in [0.2, 0.25) is 0 Å². The Labute approximate surface area is 118 Å². The summed E-state index contributed by atoms with van der Waals surface area (Å²) in [4.78, 5) is 11.6. The van der Waals surface area contributed by atoms with E-state index >= 15 is 0 Å². The molecule has 2 aromatic rings. The van der Waals surface area contributed by atoms with Crippen molar-refractivity contribution in [3.63, 3.8) is 0 Å². The zero-order valence-corrected chi connectivity index (χ0v) is 11.4. The molecule has 0 bridgehead atoms. The molecule has 2 N–H and O–H groups in total. The number of hydrogen-bond donors (Lipinski definition) is 2. The Morgan fingerprint density at radius 3 is 2.55 bits per heavy atom. The van der Waals surface area contributed by atoms with Crippen LogP contribution in [0.15, 0.2) is 54.6 Å². The summed E-state index contributed by atoms with van der Waals surface area (Å²) < 4.78 is 5.71. The molecule has 0 atom stereocenters. The minimum absolute atomic E-state index is 0.205. The van der Waals surface area contributed by atoms with Crippen molar-refractivity contribution in [3.05, 3.63) is 54.6 Å². The average Bonchev–Trinajstić information content (AvgIpc) is 2.46. The van der Waals surface area contributed by atoms with E-state index in [1.165, 1.54) is 0 Å². The van der Waals surface area contributed by atoms with Gasteiger partial charge in [0, 0.05) is 18.3 Å². The van der Waals surface area contributed by atoms with Gasteiger partial charge in [0.25, 0.3) is 0 Å². The van der Waals surface area contributed by atoms with E-state index in [9.17, 15) is 4.79 Å². The maximum Gasteiger partial charge on any atom is 0.319 e. The molecule has 2 amide bonds. The van der Waals surface area contributed by atoms with E-state index in [1.54, 1.807) is 6.07 Å². The highest BCUT2D eigenvalue weighted by atomic mass is 16.5. The molecule has 0 saturated heterocycles. The second kappa shape index (κ2) is 7.19. The van der Waals surface area contributed by atoms with E-state index in [2.05, 4.69) is 10.6 Å². The van der Waals surface area contributed by atoms with Gasteiger partial charge in [0.15, 0.2) is 0 Å². The number of rotatable bonds is 5. The van der Waals surface area contributed by atoms with Gasteiger partial charge in [-0.25, -0.2) is 4.79 Å². The van der Waals surface area contributed by atoms with Crippen molar-refractivity contribution in [2.45, 2.75) is 13.3 Å². The Morgan fingerprint density at radius 1 is 1.05 bits per heavy atom. The Bertz CT molecular complexity index is 555. The number of nitrogens with one attached hydrogen (secondary N) is 2. The first-order valence-corrected chi connectivity index (χ1v) is 6.66. The van der Waals surface area contributed by atoms with Crippen LogP contribution in [0.4, 0.5) is 10.5 Å². The highest BCUT2D eigenvalue weighted by Crippen LogP contribution is 2.23. The number of amides is 2. The predicted octanol–water partition coefficient (Wildman–Crippen LogP) is 4.01. The van der Waals surface area contributed by atoms with Crippen molar-refractivity contribution >= 4 is 11.7 Å². The van der Waals surface area contributed by atoms with E-state index in [1.807, 2.05) is 55.5 Å². The summed E-state index contributed by atoms with van der Waals surface area (Å²) >= 11 is 0. The molecule has 4 heteroatoms. The van der Waals surface area contributed by atoms with Gasteiger partial charge in [-0.05, 0) is 30.7 Å². The molecule has 0 fully saturated rings. The van der Waals surface area contributed by atoms with Gasteiger partial charge in [-0.2, -0.15) is 0 Å².